The quantitative estimate of drug-likeness (QED) is 0.0479. The lowest BCUT2D eigenvalue weighted by atomic mass is 9.77. The lowest BCUT2D eigenvalue weighted by molar-refractivity contribution is 0.287. The molecule has 0 spiro atoms. The number of hydrogen-bond donors (Lipinski definition) is 1. The van der Waals surface area contributed by atoms with Gasteiger partial charge in [0.25, 0.3) is 0 Å². The summed E-state index contributed by atoms with van der Waals surface area (Å²) in [5.74, 6) is 1.42. The molecule has 0 fully saturated rings. The van der Waals surface area contributed by atoms with Gasteiger partial charge in [-0.3, -0.25) is 0 Å². The average Bonchev–Trinajstić information content (AvgIpc) is 3.25. The van der Waals surface area contributed by atoms with Crippen LogP contribution < -0.4 is 0 Å². The summed E-state index contributed by atoms with van der Waals surface area (Å²) in [5.41, 5.74) is 15.1. The summed E-state index contributed by atoms with van der Waals surface area (Å²) in [6.45, 7) is 24.9. The van der Waals surface area contributed by atoms with Gasteiger partial charge in [-0.25, -0.2) is 0 Å². The first-order chi connectivity index (χ1) is 29.1. The Balaban J connectivity index is 1.03. The first-order valence-electron chi connectivity index (χ1n) is 23.6. The third kappa shape index (κ3) is 14.9. The number of benzene rings is 5. The Morgan fingerprint density at radius 2 is 0.984 bits per heavy atom. The second-order valence-electron chi connectivity index (χ2n) is 19.9. The van der Waals surface area contributed by atoms with Gasteiger partial charge < -0.3 is 4.90 Å². The van der Waals surface area contributed by atoms with Crippen LogP contribution in [0.25, 0.3) is 0 Å². The molecule has 326 valence electrons. The van der Waals surface area contributed by atoms with Gasteiger partial charge in [-0.2, -0.15) is 12.6 Å². The molecule has 5 aromatic carbocycles. The zero-order valence-electron chi connectivity index (χ0n) is 39.6. The van der Waals surface area contributed by atoms with Crippen molar-refractivity contribution in [3.63, 3.8) is 0 Å². The fourth-order valence-corrected chi connectivity index (χ4v) is 9.45. The molecule has 1 nitrogen and oxygen atoms in total. The van der Waals surface area contributed by atoms with Crippen LogP contribution in [0.2, 0.25) is 0 Å². The van der Waals surface area contributed by atoms with Crippen LogP contribution in [0.5, 0.6) is 0 Å². The minimum atomic E-state index is -0.0507. The van der Waals surface area contributed by atoms with Crippen molar-refractivity contribution in [3.05, 3.63) is 189 Å². The molecule has 2 heteroatoms. The number of hydrogen-bond acceptors (Lipinski definition) is 2. The van der Waals surface area contributed by atoms with Crippen molar-refractivity contribution in [2.75, 3.05) is 13.6 Å². The maximum Gasteiger partial charge on any atom is 0.0230 e. The predicted octanol–water partition coefficient (Wildman–Crippen LogP) is 15.5. The molecule has 0 saturated heterocycles. The van der Waals surface area contributed by atoms with E-state index in [9.17, 15) is 0 Å². The van der Waals surface area contributed by atoms with Crippen LogP contribution in [0.3, 0.4) is 0 Å². The summed E-state index contributed by atoms with van der Waals surface area (Å²) in [6.07, 6.45) is 12.7. The van der Waals surface area contributed by atoms with Crippen LogP contribution in [-0.4, -0.2) is 23.7 Å². The summed E-state index contributed by atoms with van der Waals surface area (Å²) >= 11 is 5.02. The summed E-state index contributed by atoms with van der Waals surface area (Å²) < 4.78 is 0. The van der Waals surface area contributed by atoms with E-state index in [1.807, 2.05) is 0 Å². The van der Waals surface area contributed by atoms with E-state index in [1.165, 1.54) is 86.9 Å². The lowest BCUT2D eigenvalue weighted by Crippen LogP contribution is -2.20. The number of nitrogens with zero attached hydrogens (tertiary/aromatic N) is 1. The molecule has 0 N–H and O–H groups in total. The molecule has 0 heterocycles. The van der Waals surface area contributed by atoms with Crippen molar-refractivity contribution in [1.82, 2.24) is 4.90 Å². The molecule has 0 amide bonds. The van der Waals surface area contributed by atoms with Gasteiger partial charge in [-0.1, -0.05) is 174 Å². The minimum absolute atomic E-state index is 0.0107. The highest BCUT2D eigenvalue weighted by Crippen LogP contribution is 2.34. The SMILES string of the molecule is C=C(C)CC(CCCN(C)Cc1ccc(CC)cc1)CC(C)CCc1ccc(C(C)(C)c2ccc(CCC(S)CCc3ccc(C(C)(C)c4ccc(C)cc4)cc3)cc2)cc1. The highest BCUT2D eigenvalue weighted by Gasteiger charge is 2.24. The monoisotopic (exact) mass is 834 g/mol. The fraction of sp³-hybridized carbons (Fsp3) is 0.458. The van der Waals surface area contributed by atoms with Gasteiger partial charge in [-0.15, -0.1) is 6.58 Å². The molecular weight excluding hydrogens is 755 g/mol. The van der Waals surface area contributed by atoms with Crippen LogP contribution in [0.4, 0.5) is 0 Å². The third-order valence-electron chi connectivity index (χ3n) is 13.7. The molecule has 5 rings (SSSR count). The Kier molecular flexibility index (Phi) is 18.2. The molecule has 0 saturated carbocycles. The Labute approximate surface area is 378 Å². The standard InChI is InChI=1S/C59H79NS/c1-11-47-18-20-51(21-19-47)43-60(10)40-12-13-52(41-44(2)3)42-46(5)14-17-48-22-32-55(33-23-48)59(8,9)56-36-26-50(27-37-56)29-39-57(61)38-28-49-24-34-54(35-25-49)58(6,7)53-30-15-45(4)16-31-53/h15-16,18-27,30-37,46,52,57,61H,2,11-14,17,28-29,38-43H2,1,3-10H3. The van der Waals surface area contributed by atoms with Crippen LogP contribution >= 0.6 is 12.6 Å². The Morgan fingerprint density at radius 1 is 0.590 bits per heavy atom. The number of aryl methyl sites for hydroxylation is 5. The molecule has 0 aromatic heterocycles. The molecule has 0 radical (unpaired) electrons. The maximum absolute atomic E-state index is 5.02. The highest BCUT2D eigenvalue weighted by atomic mass is 32.1. The normalized spacial score (nSPS) is 13.6. The van der Waals surface area contributed by atoms with E-state index < -0.39 is 0 Å². The van der Waals surface area contributed by atoms with Crippen LogP contribution in [0, 0.1) is 18.8 Å². The van der Waals surface area contributed by atoms with E-state index in [4.69, 9.17) is 12.6 Å². The van der Waals surface area contributed by atoms with E-state index in [2.05, 4.69) is 195 Å². The molecular formula is C59H79NS. The van der Waals surface area contributed by atoms with Crippen LogP contribution in [0.1, 0.15) is 149 Å². The predicted molar refractivity (Wildman–Crippen MR) is 271 cm³/mol. The summed E-state index contributed by atoms with van der Waals surface area (Å²) in [5, 5.41) is 0.385. The van der Waals surface area contributed by atoms with E-state index in [1.54, 1.807) is 0 Å². The molecule has 0 aliphatic carbocycles. The van der Waals surface area contributed by atoms with Crippen LogP contribution in [-0.2, 0) is 43.1 Å². The second-order valence-corrected chi connectivity index (χ2v) is 20.6. The van der Waals surface area contributed by atoms with Gasteiger partial charge in [0.05, 0.1) is 0 Å². The number of thiol groups is 1. The van der Waals surface area contributed by atoms with Gasteiger partial charge in [0.2, 0.25) is 0 Å². The summed E-state index contributed by atoms with van der Waals surface area (Å²) in [4.78, 5) is 2.48. The summed E-state index contributed by atoms with van der Waals surface area (Å²) in [6, 6.07) is 46.3. The molecule has 0 bridgehead atoms. The average molecular weight is 834 g/mol. The minimum Gasteiger partial charge on any atom is -0.302 e. The maximum atomic E-state index is 5.02. The van der Waals surface area contributed by atoms with E-state index in [0.29, 0.717) is 11.2 Å². The fourth-order valence-electron chi connectivity index (χ4n) is 9.20. The van der Waals surface area contributed by atoms with E-state index >= 15 is 0 Å². The number of allylic oxidation sites excluding steroid dienone is 1. The molecule has 5 aromatic rings. The van der Waals surface area contributed by atoms with Gasteiger partial charge in [0.1, 0.15) is 0 Å². The molecule has 61 heavy (non-hydrogen) atoms. The van der Waals surface area contributed by atoms with Gasteiger partial charge in [0, 0.05) is 22.6 Å². The first-order valence-corrected chi connectivity index (χ1v) is 24.1. The van der Waals surface area contributed by atoms with Crippen molar-refractivity contribution < 1.29 is 0 Å². The summed E-state index contributed by atoms with van der Waals surface area (Å²) in [7, 11) is 2.27. The largest absolute Gasteiger partial charge is 0.302 e. The van der Waals surface area contributed by atoms with Gasteiger partial charge >= 0.3 is 0 Å². The van der Waals surface area contributed by atoms with Crippen molar-refractivity contribution >= 4 is 12.6 Å². The highest BCUT2D eigenvalue weighted by molar-refractivity contribution is 7.80. The topological polar surface area (TPSA) is 3.24 Å². The smallest absolute Gasteiger partial charge is 0.0230 e. The molecule has 0 aliphatic rings. The van der Waals surface area contributed by atoms with Crippen molar-refractivity contribution in [2.24, 2.45) is 11.8 Å². The molecule has 3 unspecified atom stereocenters. The lowest BCUT2D eigenvalue weighted by Gasteiger charge is -2.27. The molecule has 3 atom stereocenters. The van der Waals surface area contributed by atoms with Gasteiger partial charge in [0.15, 0.2) is 0 Å². The first kappa shape index (κ1) is 48.2. The zero-order chi connectivity index (χ0) is 44.0. The van der Waals surface area contributed by atoms with Gasteiger partial charge in [-0.05, 0) is 160 Å². The van der Waals surface area contributed by atoms with Crippen LogP contribution in [0.15, 0.2) is 133 Å². The van der Waals surface area contributed by atoms with E-state index in [-0.39, 0.29) is 10.8 Å². The zero-order valence-corrected chi connectivity index (χ0v) is 40.5. The van der Waals surface area contributed by atoms with E-state index in [0.717, 1.165) is 64.0 Å². The van der Waals surface area contributed by atoms with Crippen molar-refractivity contribution in [3.8, 4) is 0 Å². The Bertz CT molecular complexity index is 2030. The third-order valence-corrected chi connectivity index (χ3v) is 14.2. The van der Waals surface area contributed by atoms with Crippen molar-refractivity contribution in [1.29, 1.82) is 0 Å². The Hall–Kier alpha value is -3.85. The Morgan fingerprint density at radius 3 is 1.41 bits per heavy atom. The molecule has 0 aliphatic heterocycles. The number of rotatable bonds is 24. The second kappa shape index (κ2) is 23.0. The van der Waals surface area contributed by atoms with Crippen molar-refractivity contribution in [2.45, 2.75) is 149 Å².